The van der Waals surface area contributed by atoms with Crippen LogP contribution in [0.4, 0.5) is 0 Å². The Balaban J connectivity index is 1.91. The Hall–Kier alpha value is -1.65. The van der Waals surface area contributed by atoms with Gasteiger partial charge in [-0.1, -0.05) is 30.3 Å². The van der Waals surface area contributed by atoms with E-state index in [4.69, 9.17) is 5.73 Å². The van der Waals surface area contributed by atoms with Crippen LogP contribution in [-0.2, 0) is 17.8 Å². The van der Waals surface area contributed by atoms with Gasteiger partial charge in [0.2, 0.25) is 5.91 Å². The predicted molar refractivity (Wildman–Crippen MR) is 81.3 cm³/mol. The zero-order valence-electron chi connectivity index (χ0n) is 11.9. The van der Waals surface area contributed by atoms with Crippen LogP contribution in [0.15, 0.2) is 36.9 Å². The van der Waals surface area contributed by atoms with Gasteiger partial charge in [-0.25, -0.2) is 0 Å². The van der Waals surface area contributed by atoms with Crippen LogP contribution >= 0.6 is 0 Å². The lowest BCUT2D eigenvalue weighted by molar-refractivity contribution is -0.132. The molecule has 20 heavy (non-hydrogen) atoms. The van der Waals surface area contributed by atoms with Crippen molar-refractivity contribution in [2.75, 3.05) is 32.7 Å². The second-order valence-electron chi connectivity index (χ2n) is 5.12. The van der Waals surface area contributed by atoms with E-state index in [-0.39, 0.29) is 5.91 Å². The van der Waals surface area contributed by atoms with Crippen LogP contribution in [0.2, 0.25) is 0 Å². The molecular weight excluding hydrogens is 250 g/mol. The number of nitrogens with two attached hydrogens (primary N) is 1. The fourth-order valence-electron chi connectivity index (χ4n) is 2.57. The maximum Gasteiger partial charge on any atom is 0.227 e. The molecule has 1 aliphatic rings. The standard InChI is InChI=1S/C16H23N3O/c1-2-7-18-8-10-19(11-9-18)16(20)12-14-5-3-4-6-15(14)13-17/h2-6H,1,7-13,17H2. The molecule has 0 saturated carbocycles. The lowest BCUT2D eigenvalue weighted by atomic mass is 10.0. The van der Waals surface area contributed by atoms with Gasteiger partial charge in [0, 0.05) is 39.3 Å². The number of carbonyl (C=O) groups excluding carboxylic acids is 1. The summed E-state index contributed by atoms with van der Waals surface area (Å²) in [5.74, 6) is 0.198. The SMILES string of the molecule is C=CCN1CCN(C(=O)Cc2ccccc2CN)CC1. The molecule has 1 aliphatic heterocycles. The number of hydrogen-bond acceptors (Lipinski definition) is 3. The van der Waals surface area contributed by atoms with Crippen molar-refractivity contribution in [2.45, 2.75) is 13.0 Å². The van der Waals surface area contributed by atoms with Crippen molar-refractivity contribution in [3.63, 3.8) is 0 Å². The molecule has 0 aliphatic carbocycles. The number of hydrogen-bond donors (Lipinski definition) is 1. The van der Waals surface area contributed by atoms with Crippen LogP contribution in [0, 0.1) is 0 Å². The normalized spacial score (nSPS) is 16.1. The third kappa shape index (κ3) is 3.68. The molecule has 1 saturated heterocycles. The highest BCUT2D eigenvalue weighted by Crippen LogP contribution is 2.11. The minimum Gasteiger partial charge on any atom is -0.340 e. The van der Waals surface area contributed by atoms with Crippen molar-refractivity contribution >= 4 is 5.91 Å². The first kappa shape index (κ1) is 14.8. The van der Waals surface area contributed by atoms with Gasteiger partial charge < -0.3 is 10.6 Å². The highest BCUT2D eigenvalue weighted by atomic mass is 16.2. The van der Waals surface area contributed by atoms with E-state index in [9.17, 15) is 4.79 Å². The number of carbonyl (C=O) groups is 1. The molecule has 0 bridgehead atoms. The smallest absolute Gasteiger partial charge is 0.227 e. The Morgan fingerprint density at radius 3 is 2.45 bits per heavy atom. The molecule has 108 valence electrons. The van der Waals surface area contributed by atoms with E-state index >= 15 is 0 Å². The summed E-state index contributed by atoms with van der Waals surface area (Å²) in [6.45, 7) is 8.59. The van der Waals surface area contributed by atoms with Gasteiger partial charge in [-0.3, -0.25) is 9.69 Å². The summed E-state index contributed by atoms with van der Waals surface area (Å²) in [7, 11) is 0. The van der Waals surface area contributed by atoms with Crippen LogP contribution in [0.1, 0.15) is 11.1 Å². The van der Waals surface area contributed by atoms with Crippen LogP contribution in [0.5, 0.6) is 0 Å². The van der Waals surface area contributed by atoms with Crippen molar-refractivity contribution in [1.29, 1.82) is 0 Å². The fraction of sp³-hybridized carbons (Fsp3) is 0.438. The third-order valence-corrected chi connectivity index (χ3v) is 3.79. The Kier molecular flexibility index (Phi) is 5.32. The van der Waals surface area contributed by atoms with Crippen molar-refractivity contribution in [3.05, 3.63) is 48.0 Å². The highest BCUT2D eigenvalue weighted by Gasteiger charge is 2.20. The van der Waals surface area contributed by atoms with Gasteiger partial charge >= 0.3 is 0 Å². The lowest BCUT2D eigenvalue weighted by Crippen LogP contribution is -2.49. The molecule has 1 aromatic rings. The van der Waals surface area contributed by atoms with Crippen molar-refractivity contribution in [3.8, 4) is 0 Å². The summed E-state index contributed by atoms with van der Waals surface area (Å²) in [6.07, 6.45) is 2.36. The van der Waals surface area contributed by atoms with Crippen LogP contribution in [0.3, 0.4) is 0 Å². The molecular formula is C16H23N3O. The fourth-order valence-corrected chi connectivity index (χ4v) is 2.57. The van der Waals surface area contributed by atoms with E-state index in [2.05, 4.69) is 11.5 Å². The third-order valence-electron chi connectivity index (χ3n) is 3.79. The van der Waals surface area contributed by atoms with E-state index < -0.39 is 0 Å². The molecule has 2 N–H and O–H groups in total. The van der Waals surface area contributed by atoms with Crippen LogP contribution in [0.25, 0.3) is 0 Å². The number of nitrogens with zero attached hydrogens (tertiary/aromatic N) is 2. The van der Waals surface area contributed by atoms with E-state index in [1.807, 2.05) is 35.2 Å². The summed E-state index contributed by atoms with van der Waals surface area (Å²) in [6, 6.07) is 7.91. The van der Waals surface area contributed by atoms with Gasteiger partial charge in [0.1, 0.15) is 0 Å². The molecule has 0 spiro atoms. The monoisotopic (exact) mass is 273 g/mol. The Morgan fingerprint density at radius 2 is 1.85 bits per heavy atom. The zero-order valence-corrected chi connectivity index (χ0v) is 11.9. The minimum absolute atomic E-state index is 0.198. The summed E-state index contributed by atoms with van der Waals surface area (Å²) in [4.78, 5) is 16.6. The summed E-state index contributed by atoms with van der Waals surface area (Å²) in [5, 5.41) is 0. The quantitative estimate of drug-likeness (QED) is 0.815. The first-order chi connectivity index (χ1) is 9.74. The molecule has 2 rings (SSSR count). The first-order valence-corrected chi connectivity index (χ1v) is 7.12. The Bertz CT molecular complexity index is 465. The van der Waals surface area contributed by atoms with Crippen molar-refractivity contribution < 1.29 is 4.79 Å². The molecule has 0 aromatic heterocycles. The average Bonchev–Trinajstić information content (AvgIpc) is 2.49. The van der Waals surface area contributed by atoms with Gasteiger partial charge in [-0.05, 0) is 11.1 Å². The number of benzene rings is 1. The number of piperazine rings is 1. The van der Waals surface area contributed by atoms with Crippen molar-refractivity contribution in [2.24, 2.45) is 5.73 Å². The molecule has 4 heteroatoms. The van der Waals surface area contributed by atoms with Gasteiger partial charge in [-0.2, -0.15) is 0 Å². The summed E-state index contributed by atoms with van der Waals surface area (Å²) in [5.41, 5.74) is 7.83. The first-order valence-electron chi connectivity index (χ1n) is 7.12. The molecule has 4 nitrogen and oxygen atoms in total. The van der Waals surface area contributed by atoms with Gasteiger partial charge in [-0.15, -0.1) is 6.58 Å². The lowest BCUT2D eigenvalue weighted by Gasteiger charge is -2.34. The number of rotatable bonds is 5. The Labute approximate surface area is 120 Å². The highest BCUT2D eigenvalue weighted by molar-refractivity contribution is 5.79. The van der Waals surface area contributed by atoms with Gasteiger partial charge in [0.15, 0.2) is 0 Å². The molecule has 1 amide bonds. The molecule has 1 aromatic carbocycles. The average molecular weight is 273 g/mol. The van der Waals surface area contributed by atoms with Gasteiger partial charge in [0.05, 0.1) is 6.42 Å². The second kappa shape index (κ2) is 7.22. The molecule has 0 atom stereocenters. The summed E-state index contributed by atoms with van der Waals surface area (Å²) >= 11 is 0. The molecule has 1 heterocycles. The number of amides is 1. The second-order valence-corrected chi connectivity index (χ2v) is 5.12. The maximum absolute atomic E-state index is 12.3. The van der Waals surface area contributed by atoms with E-state index in [1.165, 1.54) is 0 Å². The molecule has 0 unspecified atom stereocenters. The van der Waals surface area contributed by atoms with Gasteiger partial charge in [0.25, 0.3) is 0 Å². The molecule has 1 fully saturated rings. The van der Waals surface area contributed by atoms with E-state index in [0.717, 1.165) is 43.9 Å². The molecule has 0 radical (unpaired) electrons. The Morgan fingerprint density at radius 1 is 1.20 bits per heavy atom. The maximum atomic E-state index is 12.3. The topological polar surface area (TPSA) is 49.6 Å². The minimum atomic E-state index is 0.198. The largest absolute Gasteiger partial charge is 0.340 e. The van der Waals surface area contributed by atoms with E-state index in [1.54, 1.807) is 0 Å². The van der Waals surface area contributed by atoms with Crippen LogP contribution in [-0.4, -0.2) is 48.4 Å². The predicted octanol–water partition coefficient (Wildman–Crippen LogP) is 1.02. The van der Waals surface area contributed by atoms with Crippen LogP contribution < -0.4 is 5.73 Å². The van der Waals surface area contributed by atoms with Crippen molar-refractivity contribution in [1.82, 2.24) is 9.80 Å². The van der Waals surface area contributed by atoms with E-state index in [0.29, 0.717) is 13.0 Å². The zero-order chi connectivity index (χ0) is 14.4. The summed E-state index contributed by atoms with van der Waals surface area (Å²) < 4.78 is 0.